The van der Waals surface area contributed by atoms with Gasteiger partial charge in [0.2, 0.25) is 5.91 Å². The van der Waals surface area contributed by atoms with E-state index < -0.39 is 0 Å². The summed E-state index contributed by atoms with van der Waals surface area (Å²) in [5, 5.41) is 10.6. The number of benzene rings is 1. The molecule has 6 nitrogen and oxygen atoms in total. The Kier molecular flexibility index (Phi) is 5.93. The van der Waals surface area contributed by atoms with Gasteiger partial charge in [0, 0.05) is 30.8 Å². The number of thiazole rings is 1. The minimum Gasteiger partial charge on any atom is -0.297 e. The van der Waals surface area contributed by atoms with Gasteiger partial charge in [-0.3, -0.25) is 14.9 Å². The molecule has 0 aliphatic carbocycles. The molecule has 0 unspecified atom stereocenters. The predicted molar refractivity (Wildman–Crippen MR) is 114 cm³/mol. The van der Waals surface area contributed by atoms with E-state index in [-0.39, 0.29) is 11.8 Å². The number of amides is 2. The van der Waals surface area contributed by atoms with Gasteiger partial charge in [-0.2, -0.15) is 5.10 Å². The summed E-state index contributed by atoms with van der Waals surface area (Å²) in [5.74, 6) is 0.454. The lowest BCUT2D eigenvalue weighted by atomic mass is 9.90. The fourth-order valence-corrected chi connectivity index (χ4v) is 3.81. The summed E-state index contributed by atoms with van der Waals surface area (Å²) in [6, 6.07) is 6.52. The van der Waals surface area contributed by atoms with Crippen molar-refractivity contribution in [2.75, 3.05) is 12.4 Å². The van der Waals surface area contributed by atoms with E-state index in [1.165, 1.54) is 27.5 Å². The Balaban J connectivity index is 1.82. The first-order valence-electron chi connectivity index (χ1n) is 9.51. The lowest BCUT2D eigenvalue weighted by Gasteiger charge is -2.18. The largest absolute Gasteiger partial charge is 0.297 e. The number of hydrazone groups is 1. The zero-order valence-electron chi connectivity index (χ0n) is 16.9. The second-order valence-electron chi connectivity index (χ2n) is 7.61. The van der Waals surface area contributed by atoms with Gasteiger partial charge in [0.1, 0.15) is 5.71 Å². The normalized spacial score (nSPS) is 14.6. The molecule has 1 N–H and O–H groups in total. The topological polar surface area (TPSA) is 74.7 Å². The summed E-state index contributed by atoms with van der Waals surface area (Å²) in [7, 11) is 1.56. The van der Waals surface area contributed by atoms with Gasteiger partial charge in [-0.05, 0) is 23.0 Å². The maximum atomic E-state index is 12.4. The van der Waals surface area contributed by atoms with Crippen LogP contribution in [0.2, 0.25) is 0 Å². The Bertz CT molecular complexity index is 930. The second kappa shape index (κ2) is 8.22. The van der Waals surface area contributed by atoms with Crippen molar-refractivity contribution in [2.24, 2.45) is 5.10 Å². The maximum Gasteiger partial charge on any atom is 0.273 e. The highest BCUT2D eigenvalue weighted by atomic mass is 32.1. The van der Waals surface area contributed by atoms with Crippen LogP contribution >= 0.6 is 11.3 Å². The van der Waals surface area contributed by atoms with Gasteiger partial charge in [-0.1, -0.05) is 45.9 Å². The van der Waals surface area contributed by atoms with Gasteiger partial charge in [0.25, 0.3) is 5.91 Å². The number of hydrogen-bond donors (Lipinski definition) is 1. The standard InChI is InChI=1S/C21H26N4O2S/c1-12(2)14-6-7-15(16(10-14)13(3)4)18-11-28-21(22-18)23-20(27)17-8-9-19(26)25(5)24-17/h6-7,10-13H,8-9H2,1-5H3,(H,22,23,27). The minimum atomic E-state index is -0.306. The van der Waals surface area contributed by atoms with Crippen molar-refractivity contribution >= 4 is 34.0 Å². The van der Waals surface area contributed by atoms with Gasteiger partial charge in [0.15, 0.2) is 5.13 Å². The Hall–Kier alpha value is -2.54. The molecule has 0 saturated heterocycles. The van der Waals surface area contributed by atoms with Crippen molar-refractivity contribution in [2.45, 2.75) is 52.4 Å². The molecule has 1 aromatic heterocycles. The fourth-order valence-electron chi connectivity index (χ4n) is 3.11. The van der Waals surface area contributed by atoms with E-state index in [2.05, 4.69) is 61.3 Å². The zero-order chi connectivity index (χ0) is 20.4. The molecule has 0 spiro atoms. The first kappa shape index (κ1) is 20.2. The van der Waals surface area contributed by atoms with Crippen molar-refractivity contribution in [1.29, 1.82) is 0 Å². The fraction of sp³-hybridized carbons (Fsp3) is 0.429. The molecular weight excluding hydrogens is 372 g/mol. The second-order valence-corrected chi connectivity index (χ2v) is 8.47. The quantitative estimate of drug-likeness (QED) is 0.799. The molecule has 148 valence electrons. The highest BCUT2D eigenvalue weighted by Gasteiger charge is 2.23. The number of aromatic nitrogens is 1. The number of hydrogen-bond acceptors (Lipinski definition) is 5. The molecule has 1 aliphatic rings. The summed E-state index contributed by atoms with van der Waals surface area (Å²) in [6.45, 7) is 8.73. The first-order chi connectivity index (χ1) is 13.3. The van der Waals surface area contributed by atoms with E-state index in [0.29, 0.717) is 35.5 Å². The Morgan fingerprint density at radius 2 is 1.93 bits per heavy atom. The van der Waals surface area contributed by atoms with E-state index in [4.69, 9.17) is 0 Å². The van der Waals surface area contributed by atoms with Crippen LogP contribution in [0.1, 0.15) is 63.5 Å². The molecule has 28 heavy (non-hydrogen) atoms. The van der Waals surface area contributed by atoms with Crippen LogP contribution in [0.3, 0.4) is 0 Å². The van der Waals surface area contributed by atoms with Crippen LogP contribution < -0.4 is 5.32 Å². The molecule has 1 aliphatic heterocycles. The van der Waals surface area contributed by atoms with Gasteiger partial charge in [-0.25, -0.2) is 9.99 Å². The molecule has 0 atom stereocenters. The third kappa shape index (κ3) is 4.30. The monoisotopic (exact) mass is 398 g/mol. The Labute approximate surface area is 169 Å². The van der Waals surface area contributed by atoms with E-state index in [0.717, 1.165) is 11.3 Å². The van der Waals surface area contributed by atoms with Gasteiger partial charge in [-0.15, -0.1) is 11.3 Å². The lowest BCUT2D eigenvalue weighted by Crippen LogP contribution is -2.34. The van der Waals surface area contributed by atoms with E-state index in [1.54, 1.807) is 7.05 Å². The number of nitrogens with zero attached hydrogens (tertiary/aromatic N) is 3. The maximum absolute atomic E-state index is 12.4. The average molecular weight is 399 g/mol. The van der Waals surface area contributed by atoms with E-state index in [9.17, 15) is 9.59 Å². The van der Waals surface area contributed by atoms with Crippen LogP contribution in [-0.2, 0) is 9.59 Å². The van der Waals surface area contributed by atoms with Crippen molar-refractivity contribution in [3.05, 3.63) is 34.7 Å². The summed E-state index contributed by atoms with van der Waals surface area (Å²) < 4.78 is 0. The van der Waals surface area contributed by atoms with Crippen LogP contribution in [0.5, 0.6) is 0 Å². The van der Waals surface area contributed by atoms with Crippen LogP contribution in [0.4, 0.5) is 5.13 Å². The zero-order valence-corrected chi connectivity index (χ0v) is 17.8. The Morgan fingerprint density at radius 3 is 2.57 bits per heavy atom. The molecular formula is C21H26N4O2S. The molecule has 1 aromatic carbocycles. The van der Waals surface area contributed by atoms with Crippen molar-refractivity contribution in [1.82, 2.24) is 9.99 Å². The molecule has 2 heterocycles. The molecule has 3 rings (SSSR count). The predicted octanol–water partition coefficient (Wildman–Crippen LogP) is 4.60. The van der Waals surface area contributed by atoms with Crippen LogP contribution in [0.15, 0.2) is 28.7 Å². The smallest absolute Gasteiger partial charge is 0.273 e. The highest BCUT2D eigenvalue weighted by Crippen LogP contribution is 2.33. The third-order valence-electron chi connectivity index (χ3n) is 4.83. The SMILES string of the molecule is CC(C)c1ccc(-c2csc(NC(=O)C3=NN(C)C(=O)CC3)n2)c(C(C)C)c1. The van der Waals surface area contributed by atoms with Gasteiger partial charge < -0.3 is 0 Å². The summed E-state index contributed by atoms with van der Waals surface area (Å²) in [4.78, 5) is 28.6. The van der Waals surface area contributed by atoms with Crippen molar-refractivity contribution in [3.8, 4) is 11.3 Å². The minimum absolute atomic E-state index is 0.0841. The summed E-state index contributed by atoms with van der Waals surface area (Å²) in [6.07, 6.45) is 0.646. The number of anilines is 1. The van der Waals surface area contributed by atoms with Crippen molar-refractivity contribution in [3.63, 3.8) is 0 Å². The van der Waals surface area contributed by atoms with Crippen LogP contribution in [-0.4, -0.2) is 34.6 Å². The molecule has 2 amide bonds. The third-order valence-corrected chi connectivity index (χ3v) is 5.59. The molecule has 0 saturated carbocycles. The molecule has 0 radical (unpaired) electrons. The Morgan fingerprint density at radius 1 is 1.18 bits per heavy atom. The van der Waals surface area contributed by atoms with Gasteiger partial charge in [0.05, 0.1) is 5.69 Å². The summed E-state index contributed by atoms with van der Waals surface area (Å²) >= 11 is 1.39. The van der Waals surface area contributed by atoms with Crippen molar-refractivity contribution < 1.29 is 9.59 Å². The molecule has 2 aromatic rings. The number of carbonyl (C=O) groups excluding carboxylic acids is 2. The van der Waals surface area contributed by atoms with E-state index in [1.807, 2.05) is 5.38 Å². The van der Waals surface area contributed by atoms with Crippen LogP contribution in [0.25, 0.3) is 11.3 Å². The number of carbonyl (C=O) groups is 2. The summed E-state index contributed by atoms with van der Waals surface area (Å²) in [5.41, 5.74) is 4.87. The number of nitrogens with one attached hydrogen (secondary N) is 1. The van der Waals surface area contributed by atoms with E-state index >= 15 is 0 Å². The van der Waals surface area contributed by atoms with Crippen LogP contribution in [0, 0.1) is 0 Å². The van der Waals surface area contributed by atoms with Gasteiger partial charge >= 0.3 is 0 Å². The number of rotatable bonds is 5. The molecule has 0 bridgehead atoms. The molecule has 7 heteroatoms. The first-order valence-corrected chi connectivity index (χ1v) is 10.4. The average Bonchev–Trinajstić information content (AvgIpc) is 3.11. The lowest BCUT2D eigenvalue weighted by molar-refractivity contribution is -0.130. The highest BCUT2D eigenvalue weighted by molar-refractivity contribution is 7.14. The molecule has 0 fully saturated rings.